The molecule has 1 aromatic carbocycles. The summed E-state index contributed by atoms with van der Waals surface area (Å²) in [6.07, 6.45) is -8.32. The van der Waals surface area contributed by atoms with Crippen molar-refractivity contribution in [2.45, 2.75) is 50.2 Å². The molecule has 0 saturated carbocycles. The van der Waals surface area contributed by atoms with E-state index in [0.717, 1.165) is 12.1 Å². The Bertz CT molecular complexity index is 961. The highest BCUT2D eigenvalue weighted by Crippen LogP contribution is 2.38. The molecule has 0 unspecified atom stereocenters. The average molecular weight is 524 g/mol. The van der Waals surface area contributed by atoms with Gasteiger partial charge in [-0.25, -0.2) is 4.79 Å². The number of carbonyl (C=O) groups excluding carboxylic acids is 2. The number of urea groups is 1. The Morgan fingerprint density at radius 3 is 2.36 bits per heavy atom. The lowest BCUT2D eigenvalue weighted by molar-refractivity contribution is -0.154. The fourth-order valence-corrected chi connectivity index (χ4v) is 4.75. The second kappa shape index (κ2) is 10.3. The molecule has 3 aliphatic rings. The Kier molecular flexibility index (Phi) is 7.58. The van der Waals surface area contributed by atoms with Crippen LogP contribution in [-0.2, 0) is 15.7 Å². The summed E-state index contributed by atoms with van der Waals surface area (Å²) in [6, 6.07) is 1.98. The van der Waals surface area contributed by atoms with E-state index < -0.39 is 36.4 Å². The van der Waals surface area contributed by atoms with Gasteiger partial charge in [0.15, 0.2) is 23.9 Å². The molecule has 2 amide bonds. The van der Waals surface area contributed by atoms with Crippen LogP contribution < -0.4 is 9.47 Å². The monoisotopic (exact) mass is 524 g/mol. The number of Topliss-reactive ketones (excluding diaryl/α,β-unsaturated/α-hetero) is 1. The molecule has 3 fully saturated rings. The molecule has 36 heavy (non-hydrogen) atoms. The standard InChI is InChI=1S/C23H26F6N2O5/c24-22(25,26)13-35-20-10-15(23(27,28)29)1-2-19(20)36-17-3-6-30(7-4-17)21(33)31-8-5-18-14(11-31)9-16(32)12-34-18/h1-2,10,14,17-18H,3-9,11-13H2/t14-,18+/m1/s1. The summed E-state index contributed by atoms with van der Waals surface area (Å²) in [5, 5.41) is 0. The van der Waals surface area contributed by atoms with Gasteiger partial charge in [-0.15, -0.1) is 0 Å². The third kappa shape index (κ3) is 6.54. The summed E-state index contributed by atoms with van der Waals surface area (Å²) in [5.74, 6) is -0.876. The predicted molar refractivity (Wildman–Crippen MR) is 113 cm³/mol. The van der Waals surface area contributed by atoms with Crippen molar-refractivity contribution in [2.24, 2.45) is 5.92 Å². The minimum absolute atomic E-state index is 0.0189. The minimum atomic E-state index is -4.76. The Morgan fingerprint density at radius 2 is 1.69 bits per heavy atom. The van der Waals surface area contributed by atoms with Crippen molar-refractivity contribution in [1.82, 2.24) is 9.80 Å². The van der Waals surface area contributed by atoms with Gasteiger partial charge in [0.1, 0.15) is 12.7 Å². The first-order valence-corrected chi connectivity index (χ1v) is 11.6. The van der Waals surface area contributed by atoms with E-state index >= 15 is 0 Å². The van der Waals surface area contributed by atoms with Crippen molar-refractivity contribution in [2.75, 3.05) is 39.4 Å². The number of nitrogens with zero attached hydrogens (tertiary/aromatic N) is 2. The number of rotatable bonds is 4. The normalized spacial score (nSPS) is 23.9. The first-order valence-electron chi connectivity index (χ1n) is 11.6. The van der Waals surface area contributed by atoms with Crippen molar-refractivity contribution in [1.29, 1.82) is 0 Å². The lowest BCUT2D eigenvalue weighted by Gasteiger charge is -2.43. The number of carbonyl (C=O) groups is 2. The van der Waals surface area contributed by atoms with Crippen LogP contribution in [0.5, 0.6) is 11.5 Å². The number of amides is 2. The molecule has 0 aromatic heterocycles. The van der Waals surface area contributed by atoms with Gasteiger partial charge < -0.3 is 24.0 Å². The highest BCUT2D eigenvalue weighted by atomic mass is 19.4. The topological polar surface area (TPSA) is 68.3 Å². The van der Waals surface area contributed by atoms with Gasteiger partial charge in [0.05, 0.1) is 11.7 Å². The number of benzene rings is 1. The summed E-state index contributed by atoms with van der Waals surface area (Å²) in [6.45, 7) is -0.0878. The molecule has 3 saturated heterocycles. The molecule has 3 heterocycles. The van der Waals surface area contributed by atoms with Crippen LogP contribution in [0.1, 0.15) is 31.2 Å². The van der Waals surface area contributed by atoms with Crippen LogP contribution in [0, 0.1) is 5.92 Å². The molecule has 0 radical (unpaired) electrons. The second-order valence-electron chi connectivity index (χ2n) is 9.24. The van der Waals surface area contributed by atoms with Crippen molar-refractivity contribution in [3.63, 3.8) is 0 Å². The molecule has 4 rings (SSSR count). The molecule has 0 aliphatic carbocycles. The number of hydrogen-bond donors (Lipinski definition) is 0. The van der Waals surface area contributed by atoms with E-state index in [9.17, 15) is 35.9 Å². The van der Waals surface area contributed by atoms with E-state index in [1.165, 1.54) is 0 Å². The molecule has 0 bridgehead atoms. The number of ether oxygens (including phenoxy) is 3. The van der Waals surface area contributed by atoms with Crippen molar-refractivity contribution < 1.29 is 50.1 Å². The average Bonchev–Trinajstić information content (AvgIpc) is 2.81. The molecule has 0 N–H and O–H groups in total. The van der Waals surface area contributed by atoms with Crippen LogP contribution >= 0.6 is 0 Å². The van der Waals surface area contributed by atoms with Crippen LogP contribution in [0.4, 0.5) is 31.1 Å². The Morgan fingerprint density at radius 1 is 1.00 bits per heavy atom. The van der Waals surface area contributed by atoms with E-state index in [-0.39, 0.29) is 36.2 Å². The van der Waals surface area contributed by atoms with E-state index in [0.29, 0.717) is 57.9 Å². The fraction of sp³-hybridized carbons (Fsp3) is 0.652. The van der Waals surface area contributed by atoms with Gasteiger partial charge >= 0.3 is 18.4 Å². The maximum Gasteiger partial charge on any atom is 0.422 e. The molecule has 2 atom stereocenters. The van der Waals surface area contributed by atoms with Crippen LogP contribution in [0.3, 0.4) is 0 Å². The molecule has 7 nitrogen and oxygen atoms in total. The van der Waals surface area contributed by atoms with Crippen LogP contribution in [0.25, 0.3) is 0 Å². The number of likely N-dealkylation sites (tertiary alicyclic amines) is 2. The largest absolute Gasteiger partial charge is 0.486 e. The number of hydrogen-bond acceptors (Lipinski definition) is 5. The van der Waals surface area contributed by atoms with Crippen molar-refractivity contribution >= 4 is 11.8 Å². The smallest absolute Gasteiger partial charge is 0.422 e. The minimum Gasteiger partial charge on any atom is -0.486 e. The predicted octanol–water partition coefficient (Wildman–Crippen LogP) is 4.29. The Labute approximate surface area is 203 Å². The van der Waals surface area contributed by atoms with Crippen molar-refractivity contribution in [3.05, 3.63) is 23.8 Å². The third-order valence-electron chi connectivity index (χ3n) is 6.55. The number of piperidine rings is 2. The maximum absolute atomic E-state index is 13.0. The molecule has 3 aliphatic heterocycles. The summed E-state index contributed by atoms with van der Waals surface area (Å²) in [4.78, 5) is 28.0. The fourth-order valence-electron chi connectivity index (χ4n) is 4.75. The zero-order valence-electron chi connectivity index (χ0n) is 19.2. The van der Waals surface area contributed by atoms with Gasteiger partial charge in [0.2, 0.25) is 0 Å². The SMILES string of the molecule is O=C1CO[C@H]2CCN(C(=O)N3CCC(Oc4ccc(C(F)(F)F)cc4OCC(F)(F)F)CC3)C[C@H]2C1. The van der Waals surface area contributed by atoms with Gasteiger partial charge in [-0.1, -0.05) is 0 Å². The molecule has 0 spiro atoms. The Hall–Kier alpha value is -2.70. The molecule has 13 heteroatoms. The molecular formula is C23H26F6N2O5. The van der Waals surface area contributed by atoms with Gasteiger partial charge in [0, 0.05) is 51.4 Å². The van der Waals surface area contributed by atoms with Gasteiger partial charge in [-0.2, -0.15) is 26.3 Å². The zero-order valence-corrected chi connectivity index (χ0v) is 19.2. The van der Waals surface area contributed by atoms with Gasteiger partial charge in [-0.3, -0.25) is 4.79 Å². The zero-order chi connectivity index (χ0) is 26.1. The van der Waals surface area contributed by atoms with Crippen LogP contribution in [-0.4, -0.2) is 79.4 Å². The Balaban J connectivity index is 1.34. The summed E-state index contributed by atoms with van der Waals surface area (Å²) in [7, 11) is 0. The van der Waals surface area contributed by atoms with E-state index in [1.54, 1.807) is 9.80 Å². The highest BCUT2D eigenvalue weighted by Gasteiger charge is 2.39. The van der Waals surface area contributed by atoms with Crippen molar-refractivity contribution in [3.8, 4) is 11.5 Å². The van der Waals surface area contributed by atoms with E-state index in [4.69, 9.17) is 9.47 Å². The highest BCUT2D eigenvalue weighted by molar-refractivity contribution is 5.81. The van der Waals surface area contributed by atoms with Crippen LogP contribution in [0.2, 0.25) is 0 Å². The second-order valence-corrected chi connectivity index (χ2v) is 9.24. The van der Waals surface area contributed by atoms with Crippen LogP contribution in [0.15, 0.2) is 18.2 Å². The molecule has 200 valence electrons. The first-order chi connectivity index (χ1) is 16.9. The van der Waals surface area contributed by atoms with E-state index in [1.807, 2.05) is 0 Å². The molecule has 1 aromatic rings. The maximum atomic E-state index is 13.0. The lowest BCUT2D eigenvalue weighted by Crippen LogP contribution is -2.55. The quantitative estimate of drug-likeness (QED) is 0.550. The van der Waals surface area contributed by atoms with Gasteiger partial charge in [-0.05, 0) is 24.6 Å². The number of alkyl halides is 6. The van der Waals surface area contributed by atoms with Gasteiger partial charge in [0.25, 0.3) is 0 Å². The summed E-state index contributed by atoms with van der Waals surface area (Å²) < 4.78 is 92.8. The number of halogens is 6. The number of ketones is 1. The first kappa shape index (κ1) is 26.4. The van der Waals surface area contributed by atoms with E-state index in [2.05, 4.69) is 4.74 Å². The summed E-state index contributed by atoms with van der Waals surface area (Å²) in [5.41, 5.74) is -1.15. The summed E-state index contributed by atoms with van der Waals surface area (Å²) >= 11 is 0. The molecular weight excluding hydrogens is 498 g/mol. The third-order valence-corrected chi connectivity index (χ3v) is 6.55. The lowest BCUT2D eigenvalue weighted by atomic mass is 9.88. The number of fused-ring (bicyclic) bond motifs is 1.